The Balaban J connectivity index is 1.36. The minimum atomic E-state index is -4.00. The van der Waals surface area contributed by atoms with Crippen LogP contribution in [-0.2, 0) is 4.79 Å². The molecule has 5 aliphatic carbocycles. The van der Waals surface area contributed by atoms with E-state index < -0.39 is 12.1 Å². The van der Waals surface area contributed by atoms with E-state index in [2.05, 4.69) is 6.92 Å². The number of fused-ring (bicyclic) bond motifs is 7. The van der Waals surface area contributed by atoms with Crippen LogP contribution in [0, 0.1) is 58.7 Å². The normalized spacial score (nSPS) is 55.3. The molecular formula is C22H31F3O. The molecule has 0 aromatic heterocycles. The number of hydrogen-bond donors (Lipinski definition) is 0. The highest BCUT2D eigenvalue weighted by atomic mass is 19.4. The van der Waals surface area contributed by atoms with Crippen molar-refractivity contribution in [2.45, 2.75) is 70.9 Å². The molecule has 146 valence electrons. The second kappa shape index (κ2) is 5.73. The third-order valence-electron chi connectivity index (χ3n) is 9.78. The first-order valence-corrected chi connectivity index (χ1v) is 10.8. The summed E-state index contributed by atoms with van der Waals surface area (Å²) in [5, 5.41) is 0. The second-order valence-electron chi connectivity index (χ2n) is 10.5. The third kappa shape index (κ3) is 2.38. The Labute approximate surface area is 154 Å². The van der Waals surface area contributed by atoms with Gasteiger partial charge in [0.15, 0.2) is 0 Å². The Morgan fingerprint density at radius 1 is 0.923 bits per heavy atom. The number of carbonyl (C=O) groups is 1. The van der Waals surface area contributed by atoms with Gasteiger partial charge >= 0.3 is 6.18 Å². The lowest BCUT2D eigenvalue weighted by Crippen LogP contribution is -2.50. The number of hydrogen-bond acceptors (Lipinski definition) is 1. The van der Waals surface area contributed by atoms with Gasteiger partial charge in [0.1, 0.15) is 6.29 Å². The Bertz CT molecular complexity index is 586. The van der Waals surface area contributed by atoms with Gasteiger partial charge in [-0.05, 0) is 104 Å². The van der Waals surface area contributed by atoms with Crippen molar-refractivity contribution < 1.29 is 18.0 Å². The van der Waals surface area contributed by atoms with Gasteiger partial charge in [0, 0.05) is 6.42 Å². The van der Waals surface area contributed by atoms with Crippen molar-refractivity contribution in [3.05, 3.63) is 0 Å². The quantitative estimate of drug-likeness (QED) is 0.556. The van der Waals surface area contributed by atoms with E-state index >= 15 is 0 Å². The third-order valence-corrected chi connectivity index (χ3v) is 9.78. The molecule has 0 aliphatic heterocycles. The number of carbonyl (C=O) groups excluding carboxylic acids is 1. The molecule has 26 heavy (non-hydrogen) atoms. The lowest BCUT2D eigenvalue weighted by Gasteiger charge is -2.57. The van der Waals surface area contributed by atoms with Crippen LogP contribution >= 0.6 is 0 Å². The highest BCUT2D eigenvalue weighted by Gasteiger charge is 2.69. The molecule has 1 nitrogen and oxygen atoms in total. The molecule has 10 atom stereocenters. The summed E-state index contributed by atoms with van der Waals surface area (Å²) < 4.78 is 39.6. The van der Waals surface area contributed by atoms with Crippen LogP contribution < -0.4 is 0 Å². The maximum atomic E-state index is 13.2. The molecule has 0 spiro atoms. The van der Waals surface area contributed by atoms with Gasteiger partial charge in [-0.2, -0.15) is 13.2 Å². The number of aldehydes is 1. The van der Waals surface area contributed by atoms with Gasteiger partial charge in [0.2, 0.25) is 0 Å². The van der Waals surface area contributed by atoms with E-state index in [1.54, 1.807) is 0 Å². The summed E-state index contributed by atoms with van der Waals surface area (Å²) >= 11 is 0. The summed E-state index contributed by atoms with van der Waals surface area (Å²) in [7, 11) is 0. The van der Waals surface area contributed by atoms with E-state index in [0.717, 1.165) is 55.6 Å². The number of rotatable bonds is 2. The zero-order valence-corrected chi connectivity index (χ0v) is 15.7. The van der Waals surface area contributed by atoms with Gasteiger partial charge in [0.25, 0.3) is 0 Å². The molecule has 0 aromatic rings. The molecule has 0 radical (unpaired) electrons. The predicted octanol–water partition coefficient (Wildman–Crippen LogP) is 5.88. The van der Waals surface area contributed by atoms with Crippen LogP contribution in [0.15, 0.2) is 0 Å². The molecule has 0 amide bonds. The van der Waals surface area contributed by atoms with Crippen molar-refractivity contribution in [1.29, 1.82) is 0 Å². The summed E-state index contributed by atoms with van der Waals surface area (Å²) in [5.41, 5.74) is 0.325. The summed E-state index contributed by atoms with van der Waals surface area (Å²) in [5.74, 6) is 4.11. The van der Waals surface area contributed by atoms with Crippen LogP contribution in [0.25, 0.3) is 0 Å². The van der Waals surface area contributed by atoms with E-state index in [0.29, 0.717) is 41.9 Å². The van der Waals surface area contributed by atoms with Gasteiger partial charge in [-0.25, -0.2) is 0 Å². The molecule has 5 fully saturated rings. The van der Waals surface area contributed by atoms with Crippen molar-refractivity contribution in [3.63, 3.8) is 0 Å². The molecule has 0 heterocycles. The van der Waals surface area contributed by atoms with Crippen molar-refractivity contribution in [2.75, 3.05) is 0 Å². The lowest BCUT2D eigenvalue weighted by molar-refractivity contribution is -0.196. The van der Waals surface area contributed by atoms with E-state index in [4.69, 9.17) is 0 Å². The average molecular weight is 368 g/mol. The van der Waals surface area contributed by atoms with Gasteiger partial charge in [-0.3, -0.25) is 0 Å². The van der Waals surface area contributed by atoms with Crippen LogP contribution in [0.1, 0.15) is 64.7 Å². The van der Waals surface area contributed by atoms with Crippen molar-refractivity contribution in [1.82, 2.24) is 0 Å². The first-order valence-electron chi connectivity index (χ1n) is 10.8. The molecule has 0 aromatic carbocycles. The van der Waals surface area contributed by atoms with Gasteiger partial charge in [0.05, 0.1) is 5.92 Å². The number of alkyl halides is 3. The van der Waals surface area contributed by atoms with Crippen LogP contribution in [0.5, 0.6) is 0 Å². The largest absolute Gasteiger partial charge is 0.391 e. The maximum Gasteiger partial charge on any atom is 0.391 e. The summed E-state index contributed by atoms with van der Waals surface area (Å²) in [6, 6.07) is 0. The van der Waals surface area contributed by atoms with E-state index in [9.17, 15) is 18.0 Å². The fourth-order valence-electron chi connectivity index (χ4n) is 8.81. The van der Waals surface area contributed by atoms with Crippen LogP contribution in [0.3, 0.4) is 0 Å². The molecule has 5 rings (SSSR count). The van der Waals surface area contributed by atoms with E-state index in [1.807, 2.05) is 0 Å². The first-order chi connectivity index (χ1) is 12.3. The summed E-state index contributed by atoms with van der Waals surface area (Å²) in [4.78, 5) is 11.2. The molecule has 3 unspecified atom stereocenters. The molecular weight excluding hydrogens is 337 g/mol. The fourth-order valence-corrected chi connectivity index (χ4v) is 8.81. The monoisotopic (exact) mass is 368 g/mol. The van der Waals surface area contributed by atoms with Crippen LogP contribution in [-0.4, -0.2) is 12.5 Å². The Morgan fingerprint density at radius 2 is 1.69 bits per heavy atom. The predicted molar refractivity (Wildman–Crippen MR) is 93.2 cm³/mol. The number of halogens is 3. The molecule has 0 saturated heterocycles. The van der Waals surface area contributed by atoms with Crippen molar-refractivity contribution in [3.8, 4) is 0 Å². The lowest BCUT2D eigenvalue weighted by atomic mass is 9.48. The van der Waals surface area contributed by atoms with Gasteiger partial charge in [-0.15, -0.1) is 0 Å². The fraction of sp³-hybridized carbons (Fsp3) is 0.955. The molecule has 0 bridgehead atoms. The van der Waals surface area contributed by atoms with Gasteiger partial charge in [-0.1, -0.05) is 6.92 Å². The van der Waals surface area contributed by atoms with E-state index in [1.165, 1.54) is 19.3 Å². The zero-order chi connectivity index (χ0) is 18.3. The topological polar surface area (TPSA) is 17.1 Å². The minimum Gasteiger partial charge on any atom is -0.303 e. The van der Waals surface area contributed by atoms with Crippen molar-refractivity contribution in [2.24, 2.45) is 58.7 Å². The highest BCUT2D eigenvalue weighted by Crippen LogP contribution is 2.75. The zero-order valence-electron chi connectivity index (χ0n) is 15.7. The molecule has 5 saturated carbocycles. The van der Waals surface area contributed by atoms with Crippen molar-refractivity contribution >= 4 is 6.29 Å². The highest BCUT2D eigenvalue weighted by molar-refractivity contribution is 5.51. The van der Waals surface area contributed by atoms with Crippen LogP contribution in [0.4, 0.5) is 13.2 Å². The second-order valence-corrected chi connectivity index (χ2v) is 10.5. The SMILES string of the molecule is C[C@]12CCC3[C@@H](CC[C@@H]4C[C@@H](C(F)(F)F)CC[C@H]34)C1[C@@H]1C[C@@H]1C2CC=O. The smallest absolute Gasteiger partial charge is 0.303 e. The minimum absolute atomic E-state index is 0.308. The Hall–Kier alpha value is -0.540. The molecule has 0 N–H and O–H groups in total. The summed E-state index contributed by atoms with van der Waals surface area (Å²) in [6.45, 7) is 2.45. The Kier molecular flexibility index (Phi) is 3.87. The Morgan fingerprint density at radius 3 is 2.42 bits per heavy atom. The summed E-state index contributed by atoms with van der Waals surface area (Å²) in [6.07, 6.45) is 5.28. The average Bonchev–Trinajstić information content (AvgIpc) is 3.32. The van der Waals surface area contributed by atoms with E-state index in [-0.39, 0.29) is 0 Å². The maximum absolute atomic E-state index is 13.2. The van der Waals surface area contributed by atoms with Crippen LogP contribution in [0.2, 0.25) is 0 Å². The van der Waals surface area contributed by atoms with Gasteiger partial charge < -0.3 is 4.79 Å². The molecule has 5 aliphatic rings. The standard InChI is InChI=1S/C22H31F3O/c1-21-8-6-15-14-5-3-13(22(23,24)25)10-12(14)2-4-16(15)20(21)18-11-17(18)19(21)7-9-26/h9,12-20H,2-8,10-11H2,1H3/t12-,13+,14+,15?,16-,17+,18-,19?,20?,21-/m1/s1. The first kappa shape index (κ1) is 17.6. The molecule has 4 heteroatoms.